The number of halogens is 1. The van der Waals surface area contributed by atoms with Gasteiger partial charge in [0.15, 0.2) is 6.29 Å². The van der Waals surface area contributed by atoms with Gasteiger partial charge in [-0.15, -0.1) is 0 Å². The molecule has 3 nitrogen and oxygen atoms in total. The van der Waals surface area contributed by atoms with Crippen LogP contribution in [0.15, 0.2) is 12.1 Å². The van der Waals surface area contributed by atoms with Crippen LogP contribution in [0.4, 0.5) is 4.39 Å². The molecule has 4 heteroatoms. The van der Waals surface area contributed by atoms with Crippen LogP contribution in [0.5, 0.6) is 5.75 Å². The van der Waals surface area contributed by atoms with Crippen molar-refractivity contribution >= 4 is 6.29 Å². The molecule has 0 aliphatic heterocycles. The Morgan fingerprint density at radius 2 is 2.14 bits per heavy atom. The van der Waals surface area contributed by atoms with Gasteiger partial charge < -0.3 is 10.0 Å². The summed E-state index contributed by atoms with van der Waals surface area (Å²) in [5, 5.41) is 9.54. The molecule has 0 unspecified atom stereocenters. The number of aldehydes is 1. The number of hydrogen-bond donors (Lipinski definition) is 1. The lowest BCUT2D eigenvalue weighted by Gasteiger charge is -2.12. The van der Waals surface area contributed by atoms with E-state index in [1.807, 2.05) is 0 Å². The van der Waals surface area contributed by atoms with E-state index < -0.39 is 5.82 Å². The molecule has 0 bridgehead atoms. The molecule has 0 heterocycles. The summed E-state index contributed by atoms with van der Waals surface area (Å²) in [5.74, 6) is -0.656. The van der Waals surface area contributed by atoms with Crippen LogP contribution in [0.25, 0.3) is 0 Å². The molecule has 0 aliphatic rings. The van der Waals surface area contributed by atoms with Gasteiger partial charge in [0.05, 0.1) is 5.56 Å². The molecular formula is C10H12FNO2. The maximum atomic E-state index is 13.0. The number of carbonyl (C=O) groups excluding carboxylic acids is 1. The molecule has 1 aromatic carbocycles. The van der Waals surface area contributed by atoms with E-state index in [1.165, 1.54) is 6.07 Å². The highest BCUT2D eigenvalue weighted by Crippen LogP contribution is 2.23. The highest BCUT2D eigenvalue weighted by atomic mass is 19.1. The van der Waals surface area contributed by atoms with E-state index in [1.54, 1.807) is 19.0 Å². The Bertz CT molecular complexity index is 350. The third kappa shape index (κ3) is 2.29. The van der Waals surface area contributed by atoms with Gasteiger partial charge in [0, 0.05) is 12.1 Å². The van der Waals surface area contributed by atoms with Crippen LogP contribution < -0.4 is 0 Å². The van der Waals surface area contributed by atoms with Crippen molar-refractivity contribution in [3.05, 3.63) is 29.1 Å². The predicted octanol–water partition coefficient (Wildman–Crippen LogP) is 1.41. The Morgan fingerprint density at radius 1 is 1.50 bits per heavy atom. The van der Waals surface area contributed by atoms with Crippen molar-refractivity contribution in [2.24, 2.45) is 0 Å². The third-order valence-electron chi connectivity index (χ3n) is 1.80. The highest BCUT2D eigenvalue weighted by molar-refractivity contribution is 5.79. The Hall–Kier alpha value is -1.42. The van der Waals surface area contributed by atoms with E-state index in [0.29, 0.717) is 18.4 Å². The van der Waals surface area contributed by atoms with Crippen LogP contribution in [-0.4, -0.2) is 30.4 Å². The van der Waals surface area contributed by atoms with Crippen LogP contribution in [0.1, 0.15) is 15.9 Å². The van der Waals surface area contributed by atoms with Crippen LogP contribution in [0, 0.1) is 5.82 Å². The van der Waals surface area contributed by atoms with E-state index in [2.05, 4.69) is 0 Å². The van der Waals surface area contributed by atoms with Crippen LogP contribution in [0.3, 0.4) is 0 Å². The maximum absolute atomic E-state index is 13.0. The summed E-state index contributed by atoms with van der Waals surface area (Å²) in [4.78, 5) is 12.3. The Morgan fingerprint density at radius 3 is 2.64 bits per heavy atom. The molecule has 0 spiro atoms. The molecule has 1 aromatic rings. The normalized spacial score (nSPS) is 10.6. The summed E-state index contributed by atoms with van der Waals surface area (Å²) in [6, 6.07) is 2.24. The largest absolute Gasteiger partial charge is 0.507 e. The molecule has 0 fully saturated rings. The first-order valence-corrected chi connectivity index (χ1v) is 4.16. The Kier molecular flexibility index (Phi) is 3.19. The van der Waals surface area contributed by atoms with Crippen molar-refractivity contribution < 1.29 is 14.3 Å². The lowest BCUT2D eigenvalue weighted by Crippen LogP contribution is -2.11. The second-order valence-electron chi connectivity index (χ2n) is 3.36. The maximum Gasteiger partial charge on any atom is 0.153 e. The van der Waals surface area contributed by atoms with Crippen molar-refractivity contribution in [1.29, 1.82) is 0 Å². The second kappa shape index (κ2) is 4.19. The lowest BCUT2D eigenvalue weighted by molar-refractivity contribution is 0.112. The molecule has 1 N–H and O–H groups in total. The van der Waals surface area contributed by atoms with Gasteiger partial charge in [-0.3, -0.25) is 4.79 Å². The monoisotopic (exact) mass is 197 g/mol. The fourth-order valence-electron chi connectivity index (χ4n) is 1.23. The van der Waals surface area contributed by atoms with Crippen molar-refractivity contribution in [2.45, 2.75) is 6.54 Å². The van der Waals surface area contributed by atoms with E-state index in [4.69, 9.17) is 0 Å². The molecule has 0 aliphatic carbocycles. The summed E-state index contributed by atoms with van der Waals surface area (Å²) in [5.41, 5.74) is 0.402. The van der Waals surface area contributed by atoms with Crippen LogP contribution >= 0.6 is 0 Å². The van der Waals surface area contributed by atoms with Crippen molar-refractivity contribution in [3.63, 3.8) is 0 Å². The van der Waals surface area contributed by atoms with Gasteiger partial charge in [0.25, 0.3) is 0 Å². The molecule has 0 amide bonds. The molecule has 14 heavy (non-hydrogen) atoms. The molecule has 0 saturated carbocycles. The van der Waals surface area contributed by atoms with E-state index >= 15 is 0 Å². The fourth-order valence-corrected chi connectivity index (χ4v) is 1.23. The van der Waals surface area contributed by atoms with Gasteiger partial charge >= 0.3 is 0 Å². The number of phenols is 1. The minimum Gasteiger partial charge on any atom is -0.507 e. The van der Waals surface area contributed by atoms with E-state index in [0.717, 1.165) is 6.07 Å². The lowest BCUT2D eigenvalue weighted by atomic mass is 10.1. The molecule has 0 aromatic heterocycles. The summed E-state index contributed by atoms with van der Waals surface area (Å²) >= 11 is 0. The summed E-state index contributed by atoms with van der Waals surface area (Å²) in [7, 11) is 3.59. The van der Waals surface area contributed by atoms with Crippen molar-refractivity contribution in [3.8, 4) is 5.75 Å². The number of benzene rings is 1. The van der Waals surface area contributed by atoms with Crippen LogP contribution in [0.2, 0.25) is 0 Å². The second-order valence-corrected chi connectivity index (χ2v) is 3.36. The topological polar surface area (TPSA) is 40.5 Å². The average Bonchev–Trinajstić information content (AvgIpc) is 2.09. The number of aromatic hydroxyl groups is 1. The first-order valence-electron chi connectivity index (χ1n) is 4.16. The van der Waals surface area contributed by atoms with Gasteiger partial charge in [0.1, 0.15) is 11.6 Å². The summed E-state index contributed by atoms with van der Waals surface area (Å²) in [6.07, 6.45) is 0.442. The predicted molar refractivity (Wildman–Crippen MR) is 50.8 cm³/mol. The molecule has 0 radical (unpaired) electrons. The number of rotatable bonds is 3. The quantitative estimate of drug-likeness (QED) is 0.745. The standard InChI is InChI=1S/C10H12FNO2/c1-12(2)5-7-3-9(11)4-8(6-13)10(7)14/h3-4,6,14H,5H2,1-2H3. The molecule has 76 valence electrons. The fraction of sp³-hybridized carbons (Fsp3) is 0.300. The number of hydrogen-bond acceptors (Lipinski definition) is 3. The first-order chi connectivity index (χ1) is 6.54. The molecule has 1 rings (SSSR count). The van der Waals surface area contributed by atoms with Gasteiger partial charge in [-0.2, -0.15) is 0 Å². The molecular weight excluding hydrogens is 185 g/mol. The van der Waals surface area contributed by atoms with Crippen molar-refractivity contribution in [2.75, 3.05) is 14.1 Å². The molecule has 0 atom stereocenters. The van der Waals surface area contributed by atoms with E-state index in [-0.39, 0.29) is 11.3 Å². The molecule has 0 saturated heterocycles. The smallest absolute Gasteiger partial charge is 0.153 e. The summed E-state index contributed by atoms with van der Waals surface area (Å²) in [6.45, 7) is 0.393. The zero-order chi connectivity index (χ0) is 10.7. The number of phenolic OH excluding ortho intramolecular Hbond substituents is 1. The van der Waals surface area contributed by atoms with Gasteiger partial charge in [-0.25, -0.2) is 4.39 Å². The SMILES string of the molecule is CN(C)Cc1cc(F)cc(C=O)c1O. The number of nitrogens with zero attached hydrogens (tertiary/aromatic N) is 1. The minimum atomic E-state index is -0.512. The third-order valence-corrected chi connectivity index (χ3v) is 1.80. The first kappa shape index (κ1) is 10.7. The highest BCUT2D eigenvalue weighted by Gasteiger charge is 2.09. The summed E-state index contributed by atoms with van der Waals surface area (Å²) < 4.78 is 13.0. The van der Waals surface area contributed by atoms with Crippen LogP contribution in [-0.2, 0) is 6.54 Å². The Labute approximate surface area is 81.8 Å². The zero-order valence-electron chi connectivity index (χ0n) is 8.12. The van der Waals surface area contributed by atoms with E-state index in [9.17, 15) is 14.3 Å². The number of carbonyl (C=O) groups is 1. The van der Waals surface area contributed by atoms with Gasteiger partial charge in [-0.05, 0) is 26.2 Å². The Balaban J connectivity index is 3.15. The minimum absolute atomic E-state index is 0.0122. The van der Waals surface area contributed by atoms with Crippen molar-refractivity contribution in [1.82, 2.24) is 4.90 Å². The van der Waals surface area contributed by atoms with Gasteiger partial charge in [0.2, 0.25) is 0 Å². The van der Waals surface area contributed by atoms with Gasteiger partial charge in [-0.1, -0.05) is 0 Å². The average molecular weight is 197 g/mol. The zero-order valence-corrected chi connectivity index (χ0v) is 8.12.